The topological polar surface area (TPSA) is 109 Å². The molecular formula is C20H22N4O5S. The minimum Gasteiger partial charge on any atom is -0.454 e. The SMILES string of the molecule is O=C(NO)c1ccc(-c2ccn(CCN(CCO)Cc3ccc4c(c3)OCO4)n2)s1. The van der Waals surface area contributed by atoms with E-state index in [-0.39, 0.29) is 13.4 Å². The zero-order chi connectivity index (χ0) is 20.9. The van der Waals surface area contributed by atoms with Crippen LogP contribution in [0, 0.1) is 0 Å². The Morgan fingerprint density at radius 1 is 1.20 bits per heavy atom. The smallest absolute Gasteiger partial charge is 0.284 e. The highest BCUT2D eigenvalue weighted by molar-refractivity contribution is 7.17. The average molecular weight is 430 g/mol. The maximum Gasteiger partial charge on any atom is 0.284 e. The molecule has 1 aliphatic rings. The highest BCUT2D eigenvalue weighted by Gasteiger charge is 2.15. The second-order valence-electron chi connectivity index (χ2n) is 6.76. The van der Waals surface area contributed by atoms with Gasteiger partial charge in [0.1, 0.15) is 5.69 Å². The molecule has 10 heteroatoms. The minimum absolute atomic E-state index is 0.0692. The molecule has 2 aromatic heterocycles. The molecular weight excluding hydrogens is 408 g/mol. The maximum absolute atomic E-state index is 11.5. The number of hydroxylamine groups is 1. The zero-order valence-corrected chi connectivity index (χ0v) is 17.0. The van der Waals surface area contributed by atoms with Gasteiger partial charge >= 0.3 is 0 Å². The van der Waals surface area contributed by atoms with E-state index in [0.29, 0.717) is 31.1 Å². The second kappa shape index (κ2) is 9.26. The monoisotopic (exact) mass is 430 g/mol. The number of fused-ring (bicyclic) bond motifs is 1. The second-order valence-corrected chi connectivity index (χ2v) is 7.84. The summed E-state index contributed by atoms with van der Waals surface area (Å²) in [5.41, 5.74) is 3.49. The molecule has 0 saturated heterocycles. The van der Waals surface area contributed by atoms with E-state index in [0.717, 1.165) is 27.6 Å². The first-order valence-corrected chi connectivity index (χ1v) is 10.3. The fourth-order valence-electron chi connectivity index (χ4n) is 3.22. The van der Waals surface area contributed by atoms with Gasteiger partial charge in [-0.15, -0.1) is 11.3 Å². The molecule has 0 spiro atoms. The molecule has 0 radical (unpaired) electrons. The summed E-state index contributed by atoms with van der Waals surface area (Å²) >= 11 is 1.26. The summed E-state index contributed by atoms with van der Waals surface area (Å²) in [5.74, 6) is 0.969. The van der Waals surface area contributed by atoms with Crippen LogP contribution < -0.4 is 15.0 Å². The molecule has 0 atom stereocenters. The van der Waals surface area contributed by atoms with Crippen LogP contribution in [0.1, 0.15) is 15.2 Å². The number of benzene rings is 1. The minimum atomic E-state index is -0.533. The van der Waals surface area contributed by atoms with E-state index in [9.17, 15) is 9.90 Å². The number of ether oxygens (including phenoxy) is 2. The third kappa shape index (κ3) is 4.62. The number of rotatable bonds is 9. The van der Waals surface area contributed by atoms with Gasteiger partial charge < -0.3 is 14.6 Å². The summed E-state index contributed by atoms with van der Waals surface area (Å²) in [6, 6.07) is 11.2. The Morgan fingerprint density at radius 2 is 2.07 bits per heavy atom. The number of carbonyl (C=O) groups is 1. The van der Waals surface area contributed by atoms with E-state index in [1.54, 1.807) is 17.6 Å². The lowest BCUT2D eigenvalue weighted by molar-refractivity contribution is 0.0711. The van der Waals surface area contributed by atoms with Gasteiger partial charge in [0.25, 0.3) is 5.91 Å². The number of amides is 1. The van der Waals surface area contributed by atoms with Gasteiger partial charge in [0.15, 0.2) is 11.5 Å². The van der Waals surface area contributed by atoms with Crippen LogP contribution in [0.3, 0.4) is 0 Å². The molecule has 0 fully saturated rings. The standard InChI is InChI=1S/C20H22N4O5S/c25-10-9-23(12-14-1-2-16-17(11-14)29-13-28-16)7-8-24-6-5-15(21-24)18-3-4-19(30-18)20(26)22-27/h1-6,11,25,27H,7-10,12-13H2,(H,22,26). The Balaban J connectivity index is 1.37. The van der Waals surface area contributed by atoms with E-state index >= 15 is 0 Å². The van der Waals surface area contributed by atoms with Crippen molar-refractivity contribution in [1.29, 1.82) is 0 Å². The summed E-state index contributed by atoms with van der Waals surface area (Å²) in [6.07, 6.45) is 1.89. The number of aliphatic hydroxyl groups is 1. The summed E-state index contributed by atoms with van der Waals surface area (Å²) in [5, 5.41) is 22.7. The maximum atomic E-state index is 11.5. The van der Waals surface area contributed by atoms with Crippen molar-refractivity contribution in [3.63, 3.8) is 0 Å². The Morgan fingerprint density at radius 3 is 2.90 bits per heavy atom. The quantitative estimate of drug-likeness (QED) is 0.352. The van der Waals surface area contributed by atoms with Crippen LogP contribution >= 0.6 is 11.3 Å². The van der Waals surface area contributed by atoms with Gasteiger partial charge in [-0.1, -0.05) is 6.07 Å². The predicted molar refractivity (Wildman–Crippen MR) is 110 cm³/mol. The summed E-state index contributed by atoms with van der Waals surface area (Å²) in [6.45, 7) is 2.90. The summed E-state index contributed by atoms with van der Waals surface area (Å²) in [7, 11) is 0. The van der Waals surface area contributed by atoms with E-state index in [1.165, 1.54) is 11.3 Å². The molecule has 30 heavy (non-hydrogen) atoms. The number of aliphatic hydroxyl groups excluding tert-OH is 1. The largest absolute Gasteiger partial charge is 0.454 e. The van der Waals surface area contributed by atoms with Crippen molar-refractivity contribution >= 4 is 17.2 Å². The number of carbonyl (C=O) groups excluding carboxylic acids is 1. The van der Waals surface area contributed by atoms with E-state index in [1.807, 2.05) is 35.1 Å². The Bertz CT molecular complexity index is 1020. The highest BCUT2D eigenvalue weighted by Crippen LogP contribution is 2.32. The molecule has 3 N–H and O–H groups in total. The normalized spacial score (nSPS) is 12.5. The summed E-state index contributed by atoms with van der Waals surface area (Å²) < 4.78 is 12.6. The van der Waals surface area contributed by atoms with Crippen molar-refractivity contribution < 1.29 is 24.6 Å². The zero-order valence-electron chi connectivity index (χ0n) is 16.2. The van der Waals surface area contributed by atoms with Crippen molar-refractivity contribution in [2.24, 2.45) is 0 Å². The van der Waals surface area contributed by atoms with Gasteiger partial charge in [-0.25, -0.2) is 5.48 Å². The van der Waals surface area contributed by atoms with Gasteiger partial charge in [-0.3, -0.25) is 19.6 Å². The molecule has 3 aromatic rings. The van der Waals surface area contributed by atoms with Gasteiger partial charge in [0.05, 0.1) is 22.9 Å². The fraction of sp³-hybridized carbons (Fsp3) is 0.300. The predicted octanol–water partition coefficient (Wildman–Crippen LogP) is 1.95. The first-order chi connectivity index (χ1) is 14.7. The third-order valence-electron chi connectivity index (χ3n) is 4.73. The van der Waals surface area contributed by atoms with Crippen LogP contribution in [0.15, 0.2) is 42.6 Å². The van der Waals surface area contributed by atoms with Gasteiger partial charge in [0, 0.05) is 25.8 Å². The molecule has 4 rings (SSSR count). The first kappa shape index (κ1) is 20.4. The van der Waals surface area contributed by atoms with Crippen molar-refractivity contribution in [2.45, 2.75) is 13.1 Å². The molecule has 0 unspecified atom stereocenters. The highest BCUT2D eigenvalue weighted by atomic mass is 32.1. The Hall–Kier alpha value is -2.92. The van der Waals surface area contributed by atoms with Gasteiger partial charge in [0.2, 0.25) is 6.79 Å². The van der Waals surface area contributed by atoms with Crippen LogP contribution in [-0.2, 0) is 13.1 Å². The number of thiophene rings is 1. The van der Waals surface area contributed by atoms with Crippen LogP contribution in [-0.4, -0.2) is 57.4 Å². The van der Waals surface area contributed by atoms with Crippen molar-refractivity contribution in [3.8, 4) is 22.1 Å². The van der Waals surface area contributed by atoms with Crippen LogP contribution in [0.4, 0.5) is 0 Å². The third-order valence-corrected chi connectivity index (χ3v) is 5.84. The van der Waals surface area contributed by atoms with Crippen LogP contribution in [0.5, 0.6) is 11.5 Å². The molecule has 1 amide bonds. The molecule has 1 aliphatic heterocycles. The van der Waals surface area contributed by atoms with E-state index in [4.69, 9.17) is 14.7 Å². The molecule has 9 nitrogen and oxygen atoms in total. The Labute approximate surface area is 177 Å². The summed E-state index contributed by atoms with van der Waals surface area (Å²) in [4.78, 5) is 14.9. The fourth-order valence-corrected chi connectivity index (χ4v) is 4.08. The van der Waals surface area contributed by atoms with E-state index in [2.05, 4.69) is 10.00 Å². The Kier molecular flexibility index (Phi) is 6.29. The molecule has 1 aromatic carbocycles. The lowest BCUT2D eigenvalue weighted by Crippen LogP contribution is -2.30. The van der Waals surface area contributed by atoms with Crippen molar-refractivity contribution in [1.82, 2.24) is 20.2 Å². The van der Waals surface area contributed by atoms with Crippen molar-refractivity contribution in [3.05, 3.63) is 53.0 Å². The van der Waals surface area contributed by atoms with Crippen LogP contribution in [0.25, 0.3) is 10.6 Å². The molecule has 3 heterocycles. The lowest BCUT2D eigenvalue weighted by atomic mass is 10.2. The lowest BCUT2D eigenvalue weighted by Gasteiger charge is -2.21. The number of hydrogen-bond acceptors (Lipinski definition) is 8. The average Bonchev–Trinajstić information content (AvgIpc) is 3.51. The number of aromatic nitrogens is 2. The molecule has 0 bridgehead atoms. The van der Waals surface area contributed by atoms with Crippen molar-refractivity contribution in [2.75, 3.05) is 26.5 Å². The molecule has 0 saturated carbocycles. The molecule has 0 aliphatic carbocycles. The molecule has 158 valence electrons. The van der Waals surface area contributed by atoms with Gasteiger partial charge in [-0.2, -0.15) is 5.10 Å². The van der Waals surface area contributed by atoms with Gasteiger partial charge in [-0.05, 0) is 35.9 Å². The number of nitrogens with one attached hydrogen (secondary N) is 1. The van der Waals surface area contributed by atoms with E-state index < -0.39 is 5.91 Å². The number of nitrogens with zero attached hydrogens (tertiary/aromatic N) is 3. The first-order valence-electron chi connectivity index (χ1n) is 9.46. The number of hydrogen-bond donors (Lipinski definition) is 3. The van der Waals surface area contributed by atoms with Crippen LogP contribution in [0.2, 0.25) is 0 Å².